The van der Waals surface area contributed by atoms with Gasteiger partial charge in [0.25, 0.3) is 5.91 Å². The number of nitrogens with zero attached hydrogens (tertiary/aromatic N) is 2. The Bertz CT molecular complexity index is 1340. The Hall–Kier alpha value is -3.85. The van der Waals surface area contributed by atoms with Crippen LogP contribution >= 0.6 is 0 Å². The fourth-order valence-corrected chi connectivity index (χ4v) is 4.25. The minimum absolute atomic E-state index is 0.153. The largest absolute Gasteiger partial charge is 0.493 e. The molecule has 0 spiro atoms. The van der Waals surface area contributed by atoms with Crippen molar-refractivity contribution in [1.29, 1.82) is 0 Å². The number of benzene rings is 3. The number of hydrazone groups is 1. The molecule has 1 N–H and O–H groups in total. The molecule has 9 heteroatoms. The van der Waals surface area contributed by atoms with Crippen molar-refractivity contribution in [2.24, 2.45) is 5.10 Å². The minimum Gasteiger partial charge on any atom is -0.493 e. The summed E-state index contributed by atoms with van der Waals surface area (Å²) < 4.78 is 36.7. The van der Waals surface area contributed by atoms with Gasteiger partial charge in [-0.15, -0.1) is 0 Å². The minimum atomic E-state index is -3.50. The van der Waals surface area contributed by atoms with Gasteiger partial charge in [-0.25, -0.2) is 13.8 Å². The Morgan fingerprint density at radius 3 is 2.23 bits per heavy atom. The second-order valence-corrected chi connectivity index (χ2v) is 9.96. The maximum Gasteiger partial charge on any atom is 0.271 e. The highest BCUT2D eigenvalue weighted by atomic mass is 32.2. The summed E-state index contributed by atoms with van der Waals surface area (Å²) in [7, 11) is -0.404. The zero-order valence-corrected chi connectivity index (χ0v) is 21.2. The van der Waals surface area contributed by atoms with Crippen LogP contribution in [0.15, 0.2) is 65.8 Å². The van der Waals surface area contributed by atoms with Crippen molar-refractivity contribution in [3.8, 4) is 11.5 Å². The first-order valence-electron chi connectivity index (χ1n) is 10.8. The zero-order chi connectivity index (χ0) is 25.6. The third-order valence-electron chi connectivity index (χ3n) is 5.51. The first-order valence-corrected chi connectivity index (χ1v) is 12.7. The van der Waals surface area contributed by atoms with Crippen LogP contribution in [0.5, 0.6) is 11.5 Å². The van der Waals surface area contributed by atoms with E-state index in [9.17, 15) is 13.2 Å². The van der Waals surface area contributed by atoms with Gasteiger partial charge in [-0.1, -0.05) is 18.2 Å². The van der Waals surface area contributed by atoms with Gasteiger partial charge in [-0.2, -0.15) is 5.10 Å². The molecule has 0 atom stereocenters. The maximum absolute atomic E-state index is 12.5. The van der Waals surface area contributed by atoms with Crippen LogP contribution in [0.1, 0.15) is 32.6 Å². The number of amides is 1. The van der Waals surface area contributed by atoms with E-state index < -0.39 is 10.0 Å². The maximum atomic E-state index is 12.5. The summed E-state index contributed by atoms with van der Waals surface area (Å²) in [5.74, 6) is 0.769. The molecule has 35 heavy (non-hydrogen) atoms. The number of hydrogen-bond donors (Lipinski definition) is 1. The van der Waals surface area contributed by atoms with E-state index >= 15 is 0 Å². The number of rotatable bonds is 9. The first-order chi connectivity index (χ1) is 16.6. The van der Waals surface area contributed by atoms with Crippen molar-refractivity contribution in [1.82, 2.24) is 5.43 Å². The van der Waals surface area contributed by atoms with Crippen molar-refractivity contribution in [3.05, 3.63) is 88.5 Å². The second kappa shape index (κ2) is 11.1. The molecule has 0 aromatic heterocycles. The van der Waals surface area contributed by atoms with Crippen molar-refractivity contribution in [2.75, 3.05) is 24.8 Å². The Morgan fingerprint density at radius 2 is 1.63 bits per heavy atom. The zero-order valence-electron chi connectivity index (χ0n) is 20.4. The van der Waals surface area contributed by atoms with Crippen LogP contribution in [0.3, 0.4) is 0 Å². The topological polar surface area (TPSA) is 97.3 Å². The molecule has 8 nitrogen and oxygen atoms in total. The van der Waals surface area contributed by atoms with Gasteiger partial charge in [0.15, 0.2) is 11.5 Å². The molecule has 0 saturated carbocycles. The van der Waals surface area contributed by atoms with E-state index in [4.69, 9.17) is 9.47 Å². The monoisotopic (exact) mass is 495 g/mol. The molecular weight excluding hydrogens is 466 g/mol. The molecule has 0 heterocycles. The molecule has 0 aliphatic rings. The number of aryl methyl sites for hydroxylation is 2. The van der Waals surface area contributed by atoms with Crippen molar-refractivity contribution >= 4 is 27.8 Å². The lowest BCUT2D eigenvalue weighted by atomic mass is 10.1. The van der Waals surface area contributed by atoms with Gasteiger partial charge in [0, 0.05) is 5.56 Å². The SMILES string of the molecule is COc1ccc(/C=N/NC(=O)c2ccc(CN(c3ccc(C)c(C)c3)S(C)(=O)=O)cc2)cc1OC. The molecule has 0 aliphatic carbocycles. The van der Waals surface area contributed by atoms with E-state index in [0.717, 1.165) is 22.3 Å². The summed E-state index contributed by atoms with van der Waals surface area (Å²) in [6.07, 6.45) is 2.68. The number of methoxy groups -OCH3 is 2. The summed E-state index contributed by atoms with van der Waals surface area (Å²) in [4.78, 5) is 12.5. The quantitative estimate of drug-likeness (QED) is 0.357. The molecule has 3 rings (SSSR count). The highest BCUT2D eigenvalue weighted by molar-refractivity contribution is 7.92. The lowest BCUT2D eigenvalue weighted by molar-refractivity contribution is 0.0955. The molecule has 0 unspecified atom stereocenters. The Labute approximate surface area is 206 Å². The van der Waals surface area contributed by atoms with Gasteiger partial charge in [0.2, 0.25) is 10.0 Å². The third-order valence-corrected chi connectivity index (χ3v) is 6.65. The van der Waals surface area contributed by atoms with Crippen LogP contribution in [-0.2, 0) is 16.6 Å². The van der Waals surface area contributed by atoms with E-state index in [1.807, 2.05) is 26.0 Å². The van der Waals surface area contributed by atoms with Gasteiger partial charge < -0.3 is 9.47 Å². The summed E-state index contributed by atoms with van der Waals surface area (Å²) in [6.45, 7) is 4.08. The van der Waals surface area contributed by atoms with Crippen LogP contribution in [0.25, 0.3) is 0 Å². The number of anilines is 1. The number of sulfonamides is 1. The van der Waals surface area contributed by atoms with Gasteiger partial charge in [0.1, 0.15) is 0 Å². The summed E-state index contributed by atoms with van der Waals surface area (Å²) in [5.41, 5.74) is 7.06. The molecule has 0 saturated heterocycles. The van der Waals surface area contributed by atoms with Crippen LogP contribution in [0.4, 0.5) is 5.69 Å². The van der Waals surface area contributed by atoms with E-state index in [1.54, 1.807) is 62.8 Å². The molecule has 3 aromatic rings. The Kier molecular flexibility index (Phi) is 8.14. The van der Waals surface area contributed by atoms with E-state index in [-0.39, 0.29) is 12.5 Å². The fraction of sp³-hybridized carbons (Fsp3) is 0.231. The van der Waals surface area contributed by atoms with Gasteiger partial charge in [-0.05, 0) is 78.6 Å². The van der Waals surface area contributed by atoms with Crippen molar-refractivity contribution in [3.63, 3.8) is 0 Å². The van der Waals surface area contributed by atoms with Crippen LogP contribution in [-0.4, -0.2) is 41.0 Å². The van der Waals surface area contributed by atoms with Crippen molar-refractivity contribution in [2.45, 2.75) is 20.4 Å². The number of hydrogen-bond acceptors (Lipinski definition) is 6. The first kappa shape index (κ1) is 25.8. The normalized spacial score (nSPS) is 11.3. The van der Waals surface area contributed by atoms with Crippen LogP contribution < -0.4 is 19.2 Å². The third kappa shape index (κ3) is 6.60. The summed E-state index contributed by atoms with van der Waals surface area (Å²) in [6, 6.07) is 17.6. The molecule has 3 aromatic carbocycles. The second-order valence-electron chi connectivity index (χ2n) is 8.05. The Morgan fingerprint density at radius 1 is 0.943 bits per heavy atom. The predicted octanol–water partition coefficient (Wildman–Crippen LogP) is 4.05. The highest BCUT2D eigenvalue weighted by Crippen LogP contribution is 2.27. The molecular formula is C26H29N3O5S. The van der Waals surface area contributed by atoms with E-state index in [0.29, 0.717) is 22.7 Å². The van der Waals surface area contributed by atoms with Gasteiger partial charge in [-0.3, -0.25) is 9.10 Å². The Balaban J connectivity index is 1.69. The predicted molar refractivity (Wildman–Crippen MR) is 138 cm³/mol. The standard InChI is InChI=1S/C26H29N3O5S/c1-18-6-12-23(14-19(18)2)29(35(5,31)32)17-20-7-10-22(11-8-20)26(30)28-27-16-21-9-13-24(33-3)25(15-21)34-4/h6-16H,17H2,1-5H3,(H,28,30)/b27-16+. The van der Waals surface area contributed by atoms with Crippen LogP contribution in [0.2, 0.25) is 0 Å². The lowest BCUT2D eigenvalue weighted by Gasteiger charge is -2.23. The number of nitrogens with one attached hydrogen (secondary N) is 1. The van der Waals surface area contributed by atoms with Crippen LogP contribution in [0, 0.1) is 13.8 Å². The molecule has 0 aliphatic heterocycles. The molecule has 184 valence electrons. The van der Waals surface area contributed by atoms with Crippen molar-refractivity contribution < 1.29 is 22.7 Å². The molecule has 0 bridgehead atoms. The number of carbonyl (C=O) groups excluding carboxylic acids is 1. The average molecular weight is 496 g/mol. The molecule has 0 radical (unpaired) electrons. The average Bonchev–Trinajstić information content (AvgIpc) is 2.83. The van der Waals surface area contributed by atoms with Gasteiger partial charge >= 0.3 is 0 Å². The summed E-state index contributed by atoms with van der Waals surface area (Å²) in [5, 5.41) is 4.00. The number of carbonyl (C=O) groups is 1. The van der Waals surface area contributed by atoms with Gasteiger partial charge in [0.05, 0.1) is 38.9 Å². The smallest absolute Gasteiger partial charge is 0.271 e. The lowest BCUT2D eigenvalue weighted by Crippen LogP contribution is -2.29. The molecule has 0 fully saturated rings. The number of ether oxygens (including phenoxy) is 2. The molecule has 1 amide bonds. The van der Waals surface area contributed by atoms with E-state index in [2.05, 4.69) is 10.5 Å². The van der Waals surface area contributed by atoms with E-state index in [1.165, 1.54) is 16.8 Å². The summed E-state index contributed by atoms with van der Waals surface area (Å²) >= 11 is 0. The fourth-order valence-electron chi connectivity index (χ4n) is 3.37. The highest BCUT2D eigenvalue weighted by Gasteiger charge is 2.18.